The Labute approximate surface area is 255 Å². The molecule has 3 N–H and O–H groups in total. The van der Waals surface area contributed by atoms with Crippen LogP contribution in [0.1, 0.15) is 37.7 Å². The lowest BCUT2D eigenvalue weighted by atomic mass is 9.82. The zero-order chi connectivity index (χ0) is 31.6. The monoisotopic (exact) mass is 642 g/mol. The van der Waals surface area contributed by atoms with Crippen LogP contribution in [-0.4, -0.2) is 46.3 Å². The van der Waals surface area contributed by atoms with Gasteiger partial charge in [-0.15, -0.1) is 0 Å². The van der Waals surface area contributed by atoms with Crippen LogP contribution in [0.4, 0.5) is 10.1 Å². The van der Waals surface area contributed by atoms with E-state index in [-0.39, 0.29) is 39.9 Å². The van der Waals surface area contributed by atoms with E-state index in [4.69, 9.17) is 4.74 Å². The maximum absolute atomic E-state index is 13.4. The molecule has 13 heteroatoms. The van der Waals surface area contributed by atoms with Gasteiger partial charge in [0.2, 0.25) is 15.8 Å². The van der Waals surface area contributed by atoms with Crippen LogP contribution < -0.4 is 9.44 Å². The molecule has 1 fully saturated rings. The molecule has 10 nitrogen and oxygen atoms in total. The van der Waals surface area contributed by atoms with E-state index in [0.29, 0.717) is 18.4 Å². The third-order valence-corrected chi connectivity index (χ3v) is 10.6. The van der Waals surface area contributed by atoms with Gasteiger partial charge >= 0.3 is 5.97 Å². The standard InChI is InChI=1S/C31H31FN2O8S2/c1-2-19(18-33-43(38,39)24-9-4-3-5-10-24)30-29(36)28(35)27(31(37)42-30)26(20-11-12-20)21-7-6-8-23(17-21)34-44(40,41)25-15-13-22(32)14-16-25/h3-10,13-17,19-20,26,30,33-35H,2,11-12,18H2,1H3. The minimum atomic E-state index is -4.06. The van der Waals surface area contributed by atoms with E-state index >= 15 is 0 Å². The Hall–Kier alpha value is -4.07. The molecular weight excluding hydrogens is 611 g/mol. The molecule has 44 heavy (non-hydrogen) atoms. The van der Waals surface area contributed by atoms with Crippen LogP contribution in [0, 0.1) is 17.7 Å². The number of hydrogen-bond donors (Lipinski definition) is 3. The molecule has 0 aromatic heterocycles. The highest BCUT2D eigenvalue weighted by atomic mass is 32.2. The Morgan fingerprint density at radius 2 is 1.57 bits per heavy atom. The predicted octanol–water partition coefficient (Wildman–Crippen LogP) is 4.43. The lowest BCUT2D eigenvalue weighted by Gasteiger charge is -2.31. The molecule has 0 spiro atoms. The summed E-state index contributed by atoms with van der Waals surface area (Å²) in [7, 11) is -7.95. The highest BCUT2D eigenvalue weighted by Gasteiger charge is 2.47. The van der Waals surface area contributed by atoms with Crippen LogP contribution in [0.15, 0.2) is 100.0 Å². The first-order chi connectivity index (χ1) is 20.9. The molecule has 1 heterocycles. The van der Waals surface area contributed by atoms with Crippen molar-refractivity contribution in [2.75, 3.05) is 11.3 Å². The van der Waals surface area contributed by atoms with Gasteiger partial charge in [0.1, 0.15) is 5.82 Å². The van der Waals surface area contributed by atoms with Gasteiger partial charge in [0, 0.05) is 24.1 Å². The first kappa shape index (κ1) is 31.4. The molecule has 3 unspecified atom stereocenters. The number of aliphatic hydroxyl groups is 1. The summed E-state index contributed by atoms with van der Waals surface area (Å²) in [5, 5.41) is 11.1. The molecule has 1 aliphatic carbocycles. The van der Waals surface area contributed by atoms with Crippen molar-refractivity contribution in [3.63, 3.8) is 0 Å². The summed E-state index contributed by atoms with van der Waals surface area (Å²) in [5.74, 6) is -4.66. The van der Waals surface area contributed by atoms with Gasteiger partial charge in [-0.05, 0) is 79.3 Å². The van der Waals surface area contributed by atoms with Crippen LogP contribution in [0.25, 0.3) is 0 Å². The number of anilines is 1. The number of ether oxygens (including phenoxy) is 1. The number of esters is 1. The highest BCUT2D eigenvalue weighted by Crippen LogP contribution is 2.49. The molecule has 3 aromatic carbocycles. The highest BCUT2D eigenvalue weighted by molar-refractivity contribution is 7.92. The summed E-state index contributed by atoms with van der Waals surface area (Å²) in [4.78, 5) is 26.7. The Balaban J connectivity index is 1.38. The molecule has 0 bridgehead atoms. The first-order valence-electron chi connectivity index (χ1n) is 14.0. The Bertz CT molecular complexity index is 1810. The van der Waals surface area contributed by atoms with E-state index in [1.165, 1.54) is 24.3 Å². The molecule has 3 aromatic rings. The summed E-state index contributed by atoms with van der Waals surface area (Å²) in [6, 6.07) is 18.3. The maximum Gasteiger partial charge on any atom is 0.339 e. The Morgan fingerprint density at radius 3 is 2.20 bits per heavy atom. The van der Waals surface area contributed by atoms with Gasteiger partial charge in [-0.3, -0.25) is 9.52 Å². The quantitative estimate of drug-likeness (QED) is 0.245. The smallest absolute Gasteiger partial charge is 0.339 e. The second kappa shape index (κ2) is 12.5. The summed E-state index contributed by atoms with van der Waals surface area (Å²) in [6.07, 6.45) is 0.280. The number of halogens is 1. The van der Waals surface area contributed by atoms with Crippen molar-refractivity contribution in [1.29, 1.82) is 0 Å². The molecular formula is C31H31FN2O8S2. The molecule has 0 saturated heterocycles. The third-order valence-electron chi connectivity index (χ3n) is 7.77. The number of benzene rings is 3. The predicted molar refractivity (Wildman–Crippen MR) is 159 cm³/mol. The average Bonchev–Trinajstić information content (AvgIpc) is 3.84. The number of nitrogens with one attached hydrogen (secondary N) is 2. The van der Waals surface area contributed by atoms with Crippen molar-refractivity contribution >= 4 is 37.5 Å². The van der Waals surface area contributed by atoms with Gasteiger partial charge in [0.05, 0.1) is 15.4 Å². The summed E-state index contributed by atoms with van der Waals surface area (Å²) in [6.45, 7) is 1.51. The topological polar surface area (TPSA) is 156 Å². The first-order valence-corrected chi connectivity index (χ1v) is 17.0. The van der Waals surface area contributed by atoms with Crippen LogP contribution in [0.3, 0.4) is 0 Å². The minimum Gasteiger partial charge on any atom is -0.504 e. The van der Waals surface area contributed by atoms with Gasteiger partial charge < -0.3 is 9.84 Å². The number of ketones is 1. The van der Waals surface area contributed by atoms with Gasteiger partial charge in [0.15, 0.2) is 11.9 Å². The third kappa shape index (κ3) is 6.69. The van der Waals surface area contributed by atoms with Crippen molar-refractivity contribution in [3.05, 3.63) is 102 Å². The Morgan fingerprint density at radius 1 is 0.909 bits per heavy atom. The van der Waals surface area contributed by atoms with Crippen molar-refractivity contribution in [3.8, 4) is 0 Å². The number of cyclic esters (lactones) is 1. The van der Waals surface area contributed by atoms with Crippen molar-refractivity contribution < 1.29 is 40.7 Å². The molecule has 1 aliphatic heterocycles. The molecule has 3 atom stereocenters. The van der Waals surface area contributed by atoms with Crippen LogP contribution in [-0.2, 0) is 34.4 Å². The summed E-state index contributed by atoms with van der Waals surface area (Å²) in [5.41, 5.74) is 0.439. The molecule has 5 rings (SSSR count). The molecule has 232 valence electrons. The molecule has 2 aliphatic rings. The number of hydrogen-bond acceptors (Lipinski definition) is 8. The zero-order valence-corrected chi connectivity index (χ0v) is 25.3. The number of rotatable bonds is 12. The number of carbonyl (C=O) groups is 2. The lowest BCUT2D eigenvalue weighted by Crippen LogP contribution is -2.45. The van der Waals surface area contributed by atoms with E-state index in [2.05, 4.69) is 9.44 Å². The molecule has 1 saturated carbocycles. The van der Waals surface area contributed by atoms with E-state index < -0.39 is 61.3 Å². The fourth-order valence-corrected chi connectivity index (χ4v) is 7.44. The zero-order valence-electron chi connectivity index (χ0n) is 23.6. The van der Waals surface area contributed by atoms with E-state index in [9.17, 15) is 35.9 Å². The summed E-state index contributed by atoms with van der Waals surface area (Å²) >= 11 is 0. The number of Topliss-reactive ketones (excluding diaryl/α,β-unsaturated/α-hetero) is 1. The second-order valence-electron chi connectivity index (χ2n) is 10.8. The average molecular weight is 643 g/mol. The van der Waals surface area contributed by atoms with Crippen LogP contribution >= 0.6 is 0 Å². The van der Waals surface area contributed by atoms with E-state index in [1.54, 1.807) is 37.3 Å². The van der Waals surface area contributed by atoms with Crippen LogP contribution in [0.5, 0.6) is 0 Å². The summed E-state index contributed by atoms with van der Waals surface area (Å²) < 4.78 is 74.9. The largest absolute Gasteiger partial charge is 0.504 e. The van der Waals surface area contributed by atoms with E-state index in [0.717, 1.165) is 24.3 Å². The maximum atomic E-state index is 13.4. The SMILES string of the molecule is CCC(CNS(=O)(=O)c1ccccc1)C1OC(=O)C(C(c2cccc(NS(=O)(=O)c3ccc(F)cc3)c2)C2CC2)=C(O)C1=O. The number of sulfonamides is 2. The normalized spacial score (nSPS) is 18.9. The second-order valence-corrected chi connectivity index (χ2v) is 14.2. The van der Waals surface area contributed by atoms with Gasteiger partial charge in [-0.1, -0.05) is 37.3 Å². The minimum absolute atomic E-state index is 0.0429. The lowest BCUT2D eigenvalue weighted by molar-refractivity contribution is -0.158. The van der Waals surface area contributed by atoms with Gasteiger partial charge in [-0.2, -0.15) is 0 Å². The molecule has 0 amide bonds. The Kier molecular flexibility index (Phi) is 8.91. The number of carbonyl (C=O) groups excluding carboxylic acids is 2. The van der Waals surface area contributed by atoms with Gasteiger partial charge in [-0.25, -0.2) is 30.7 Å². The number of aliphatic hydroxyl groups excluding tert-OH is 1. The fourth-order valence-electron chi connectivity index (χ4n) is 5.27. The molecule has 0 radical (unpaired) electrons. The van der Waals surface area contributed by atoms with E-state index in [1.807, 2.05) is 0 Å². The van der Waals surface area contributed by atoms with Crippen molar-refractivity contribution in [1.82, 2.24) is 4.72 Å². The van der Waals surface area contributed by atoms with Crippen molar-refractivity contribution in [2.45, 2.75) is 48.0 Å². The van der Waals surface area contributed by atoms with Gasteiger partial charge in [0.25, 0.3) is 10.0 Å². The van der Waals surface area contributed by atoms with Crippen molar-refractivity contribution in [2.24, 2.45) is 11.8 Å². The fraction of sp³-hybridized carbons (Fsp3) is 0.290. The van der Waals surface area contributed by atoms with Crippen LogP contribution in [0.2, 0.25) is 0 Å².